The van der Waals surface area contributed by atoms with Gasteiger partial charge in [-0.2, -0.15) is 5.10 Å². The highest BCUT2D eigenvalue weighted by molar-refractivity contribution is 7.10. The number of hydrogen-bond acceptors (Lipinski definition) is 5. The summed E-state index contributed by atoms with van der Waals surface area (Å²) in [5.74, 6) is -1.42. The molecule has 8 heteroatoms. The first-order valence-electron chi connectivity index (χ1n) is 11.3. The highest BCUT2D eigenvalue weighted by atomic mass is 32.1. The third kappa shape index (κ3) is 4.40. The number of rotatable bonds is 6. The zero-order chi connectivity index (χ0) is 24.5. The van der Waals surface area contributed by atoms with E-state index in [-0.39, 0.29) is 30.3 Å². The van der Waals surface area contributed by atoms with Gasteiger partial charge in [-0.3, -0.25) is 14.4 Å². The van der Waals surface area contributed by atoms with Crippen LogP contribution < -0.4 is 5.56 Å². The average molecular weight is 486 g/mol. The summed E-state index contributed by atoms with van der Waals surface area (Å²) in [5, 5.41) is 17.9. The lowest BCUT2D eigenvalue weighted by molar-refractivity contribution is -0.141. The molecule has 3 heterocycles. The van der Waals surface area contributed by atoms with Crippen molar-refractivity contribution in [3.63, 3.8) is 0 Å². The Morgan fingerprint density at radius 1 is 1.06 bits per heavy atom. The number of thiophene rings is 1. The molecule has 2 N–H and O–H groups in total. The summed E-state index contributed by atoms with van der Waals surface area (Å²) in [7, 11) is 0. The van der Waals surface area contributed by atoms with Gasteiger partial charge in [0.2, 0.25) is 5.91 Å². The third-order valence-corrected chi connectivity index (χ3v) is 7.11. The molecule has 1 aliphatic rings. The van der Waals surface area contributed by atoms with Crippen LogP contribution in [0.3, 0.4) is 0 Å². The molecule has 176 valence electrons. The van der Waals surface area contributed by atoms with Crippen molar-refractivity contribution >= 4 is 39.8 Å². The molecule has 0 fully saturated rings. The number of fused-ring (bicyclic) bond motifs is 1. The number of aryl methyl sites for hydroxylation is 1. The maximum absolute atomic E-state index is 13.5. The van der Waals surface area contributed by atoms with Gasteiger partial charge in [-0.05, 0) is 30.0 Å². The SMILES string of the molecule is Cc1ccc(-c2c(C3=NN(C(=O)CCC(=O)O)[C@H](c4cccs4)C3)c(=O)[nH]c3ccccc23)cc1. The number of aliphatic carboxylic acids is 1. The number of nitrogens with zero attached hydrogens (tertiary/aromatic N) is 2. The molecule has 0 aliphatic carbocycles. The van der Waals surface area contributed by atoms with E-state index in [0.717, 1.165) is 32.5 Å². The Hall–Kier alpha value is -4.04. The van der Waals surface area contributed by atoms with Crippen LogP contribution in [0.15, 0.2) is 75.9 Å². The largest absolute Gasteiger partial charge is 0.481 e. The Bertz CT molecular complexity index is 1500. The van der Waals surface area contributed by atoms with Crippen LogP contribution in [-0.4, -0.2) is 32.7 Å². The molecule has 1 aliphatic heterocycles. The number of carboxylic acid groups (broad SMARTS) is 1. The molecule has 0 saturated heterocycles. The van der Waals surface area contributed by atoms with E-state index in [0.29, 0.717) is 17.7 Å². The molecule has 7 nitrogen and oxygen atoms in total. The van der Waals surface area contributed by atoms with Gasteiger partial charge in [0.25, 0.3) is 5.56 Å². The summed E-state index contributed by atoms with van der Waals surface area (Å²) in [4.78, 5) is 41.4. The predicted molar refractivity (Wildman–Crippen MR) is 137 cm³/mol. The van der Waals surface area contributed by atoms with Crippen LogP contribution in [0.4, 0.5) is 0 Å². The molecular weight excluding hydrogens is 462 g/mol. The van der Waals surface area contributed by atoms with Gasteiger partial charge in [-0.25, -0.2) is 5.01 Å². The second-order valence-electron chi connectivity index (χ2n) is 8.53. The van der Waals surface area contributed by atoms with Crippen molar-refractivity contribution in [2.24, 2.45) is 5.10 Å². The number of hydrazone groups is 1. The number of carbonyl (C=O) groups excluding carboxylic acids is 1. The van der Waals surface area contributed by atoms with E-state index in [1.807, 2.05) is 73.0 Å². The van der Waals surface area contributed by atoms with Crippen molar-refractivity contribution in [1.29, 1.82) is 0 Å². The van der Waals surface area contributed by atoms with Crippen molar-refractivity contribution in [2.45, 2.75) is 32.2 Å². The van der Waals surface area contributed by atoms with Crippen molar-refractivity contribution in [1.82, 2.24) is 9.99 Å². The molecule has 5 rings (SSSR count). The van der Waals surface area contributed by atoms with Gasteiger partial charge in [0.1, 0.15) is 0 Å². The summed E-state index contributed by atoms with van der Waals surface area (Å²) in [6.45, 7) is 2.01. The first-order chi connectivity index (χ1) is 16.9. The number of amides is 1. The monoisotopic (exact) mass is 485 g/mol. The maximum Gasteiger partial charge on any atom is 0.303 e. The van der Waals surface area contributed by atoms with Gasteiger partial charge in [-0.15, -0.1) is 11.3 Å². The van der Waals surface area contributed by atoms with E-state index in [2.05, 4.69) is 10.1 Å². The Morgan fingerprint density at radius 2 is 1.83 bits per heavy atom. The fourth-order valence-electron chi connectivity index (χ4n) is 4.46. The molecule has 35 heavy (non-hydrogen) atoms. The van der Waals surface area contributed by atoms with Crippen LogP contribution in [0.25, 0.3) is 22.0 Å². The molecule has 4 aromatic rings. The molecular formula is C27H23N3O4S. The molecule has 0 bridgehead atoms. The highest BCUT2D eigenvalue weighted by Gasteiger charge is 2.35. The lowest BCUT2D eigenvalue weighted by atomic mass is 9.91. The van der Waals surface area contributed by atoms with Gasteiger partial charge in [0.15, 0.2) is 0 Å². The zero-order valence-corrected chi connectivity index (χ0v) is 19.8. The minimum atomic E-state index is -1.04. The molecule has 1 amide bonds. The lowest BCUT2D eigenvalue weighted by Gasteiger charge is -2.20. The highest BCUT2D eigenvalue weighted by Crippen LogP contribution is 2.38. The van der Waals surface area contributed by atoms with Gasteiger partial charge < -0.3 is 10.1 Å². The molecule has 2 aromatic heterocycles. The van der Waals surface area contributed by atoms with Crippen LogP contribution >= 0.6 is 11.3 Å². The third-order valence-electron chi connectivity index (χ3n) is 6.14. The van der Waals surface area contributed by atoms with Crippen molar-refractivity contribution in [3.05, 3.63) is 92.4 Å². The molecule has 1 atom stereocenters. The molecule has 2 aromatic carbocycles. The molecule has 0 saturated carbocycles. The van der Waals surface area contributed by atoms with Crippen LogP contribution in [-0.2, 0) is 9.59 Å². The first kappa shape index (κ1) is 22.7. The summed E-state index contributed by atoms with van der Waals surface area (Å²) in [6, 6.07) is 19.1. The number of benzene rings is 2. The number of carbonyl (C=O) groups is 2. The van der Waals surface area contributed by atoms with E-state index in [9.17, 15) is 14.4 Å². The number of aromatic amines is 1. The summed E-state index contributed by atoms with van der Waals surface area (Å²) < 4.78 is 0. The van der Waals surface area contributed by atoms with Crippen molar-refractivity contribution in [3.8, 4) is 11.1 Å². The number of H-pyrrole nitrogens is 1. The Kier molecular flexibility index (Phi) is 6.05. The number of carboxylic acids is 1. The first-order valence-corrected chi connectivity index (χ1v) is 12.2. The number of pyridine rings is 1. The summed E-state index contributed by atoms with van der Waals surface area (Å²) in [5.41, 5.74) is 4.15. The van der Waals surface area contributed by atoms with Crippen LogP contribution in [0.5, 0.6) is 0 Å². The number of hydrogen-bond donors (Lipinski definition) is 2. The molecule has 0 spiro atoms. The van der Waals surface area contributed by atoms with E-state index in [1.165, 1.54) is 16.3 Å². The molecule has 0 radical (unpaired) electrons. The zero-order valence-electron chi connectivity index (χ0n) is 19.0. The van der Waals surface area contributed by atoms with E-state index >= 15 is 0 Å². The normalized spacial score (nSPS) is 15.4. The fourth-order valence-corrected chi connectivity index (χ4v) is 5.27. The van der Waals surface area contributed by atoms with Gasteiger partial charge in [0, 0.05) is 34.2 Å². The maximum atomic E-state index is 13.5. The number of para-hydroxylation sites is 1. The summed E-state index contributed by atoms with van der Waals surface area (Å²) in [6.07, 6.45) is -0.0744. The van der Waals surface area contributed by atoms with Gasteiger partial charge >= 0.3 is 5.97 Å². The quantitative estimate of drug-likeness (QED) is 0.396. The van der Waals surface area contributed by atoms with Gasteiger partial charge in [-0.1, -0.05) is 54.1 Å². The topological polar surface area (TPSA) is 103 Å². The van der Waals surface area contributed by atoms with Crippen LogP contribution in [0, 0.1) is 6.92 Å². The van der Waals surface area contributed by atoms with Crippen LogP contribution in [0.2, 0.25) is 0 Å². The Morgan fingerprint density at radius 3 is 2.54 bits per heavy atom. The Labute approximate surface area is 205 Å². The van der Waals surface area contributed by atoms with Gasteiger partial charge in [0.05, 0.1) is 23.7 Å². The predicted octanol–water partition coefficient (Wildman–Crippen LogP) is 5.11. The smallest absolute Gasteiger partial charge is 0.303 e. The second-order valence-corrected chi connectivity index (χ2v) is 9.51. The van der Waals surface area contributed by atoms with E-state index in [4.69, 9.17) is 5.11 Å². The van der Waals surface area contributed by atoms with Crippen molar-refractivity contribution in [2.75, 3.05) is 0 Å². The number of nitrogens with one attached hydrogen (secondary N) is 1. The van der Waals surface area contributed by atoms with E-state index < -0.39 is 5.97 Å². The van der Waals surface area contributed by atoms with Crippen molar-refractivity contribution < 1.29 is 14.7 Å². The number of aromatic nitrogens is 1. The fraction of sp³-hybridized carbons (Fsp3) is 0.185. The Balaban J connectivity index is 1.68. The minimum absolute atomic E-state index is 0.160. The standard InChI is InChI=1S/C27H23N3O4S/c1-16-8-10-17(11-9-16)25-18-5-2-3-6-19(18)28-27(34)26(25)20-15-21(22-7-4-14-35-22)30(29-20)23(31)12-13-24(32)33/h2-11,14,21H,12-13,15H2,1H3,(H,28,34)(H,32,33)/t21-/m0/s1. The lowest BCUT2D eigenvalue weighted by Crippen LogP contribution is -2.26. The second kappa shape index (κ2) is 9.31. The van der Waals surface area contributed by atoms with Crippen LogP contribution in [0.1, 0.15) is 41.3 Å². The average Bonchev–Trinajstić information content (AvgIpc) is 3.52. The minimum Gasteiger partial charge on any atom is -0.481 e. The van der Waals surface area contributed by atoms with E-state index in [1.54, 1.807) is 0 Å². The summed E-state index contributed by atoms with van der Waals surface area (Å²) >= 11 is 1.50. The molecule has 0 unspecified atom stereocenters.